The molecule has 0 radical (unpaired) electrons. The Bertz CT molecular complexity index is 2020. The number of rotatable bonds is 4. The van der Waals surface area contributed by atoms with Crippen LogP contribution in [0.3, 0.4) is 0 Å². The van der Waals surface area contributed by atoms with Gasteiger partial charge in [0.2, 0.25) is 0 Å². The summed E-state index contributed by atoms with van der Waals surface area (Å²) in [6, 6.07) is 28.3. The number of nitrogens with zero attached hydrogens (tertiary/aromatic N) is 3. The number of aliphatic imine (C=N–C) groups is 1. The van der Waals surface area contributed by atoms with Crippen LogP contribution in [0.4, 0.5) is 0 Å². The van der Waals surface area contributed by atoms with Crippen LogP contribution in [0.2, 0.25) is 0 Å². The number of hydrogen-bond donors (Lipinski definition) is 2. The number of allylic oxidation sites excluding steroid dienone is 1. The molecule has 3 aromatic heterocycles. The van der Waals surface area contributed by atoms with Crippen molar-refractivity contribution in [2.24, 2.45) is 4.99 Å². The first kappa shape index (κ1) is 23.0. The van der Waals surface area contributed by atoms with E-state index in [-0.39, 0.29) is 6.17 Å². The van der Waals surface area contributed by atoms with Gasteiger partial charge in [-0.15, -0.1) is 11.3 Å². The summed E-state index contributed by atoms with van der Waals surface area (Å²) in [5, 5.41) is 12.9. The third-order valence-corrected chi connectivity index (χ3v) is 8.62. The summed E-state index contributed by atoms with van der Waals surface area (Å²) in [6.07, 6.45) is 11.9. The topological polar surface area (TPSA) is 54.2 Å². The Balaban J connectivity index is 1.24. The summed E-state index contributed by atoms with van der Waals surface area (Å²) in [4.78, 5) is 9.33. The van der Waals surface area contributed by atoms with Crippen LogP contribution in [0.1, 0.15) is 11.1 Å². The van der Waals surface area contributed by atoms with Crippen molar-refractivity contribution in [1.29, 1.82) is 0 Å². The van der Waals surface area contributed by atoms with Crippen LogP contribution < -0.4 is 10.6 Å². The number of dihydropyridines is 1. The van der Waals surface area contributed by atoms with E-state index in [1.54, 1.807) is 0 Å². The molecule has 3 aromatic carbocycles. The molecular weight excluding hydrogens is 510 g/mol. The van der Waals surface area contributed by atoms with Crippen LogP contribution >= 0.6 is 11.3 Å². The SMILES string of the molecule is C1=CC(C2N=C(c3ccc(-n4c5ccccc5c5c6sccc6ccc54)cc3)C=C(c3ccncc3)N2)=CCN1. The minimum Gasteiger partial charge on any atom is -0.387 e. The van der Waals surface area contributed by atoms with E-state index in [0.29, 0.717) is 0 Å². The van der Waals surface area contributed by atoms with Gasteiger partial charge in [-0.05, 0) is 82.7 Å². The highest BCUT2D eigenvalue weighted by Crippen LogP contribution is 2.38. The molecule has 2 aliphatic heterocycles. The quantitative estimate of drug-likeness (QED) is 0.251. The second-order valence-electron chi connectivity index (χ2n) is 10.00. The van der Waals surface area contributed by atoms with Gasteiger partial charge in [0.15, 0.2) is 0 Å². The Kier molecular flexibility index (Phi) is 5.38. The third kappa shape index (κ3) is 3.76. The molecule has 0 bridgehead atoms. The van der Waals surface area contributed by atoms with E-state index >= 15 is 0 Å². The summed E-state index contributed by atoms with van der Waals surface area (Å²) >= 11 is 1.81. The van der Waals surface area contributed by atoms with Crippen molar-refractivity contribution in [2.75, 3.05) is 6.54 Å². The molecule has 0 fully saturated rings. The lowest BCUT2D eigenvalue weighted by atomic mass is 10.0. The molecule has 8 rings (SSSR count). The number of para-hydroxylation sites is 1. The zero-order valence-corrected chi connectivity index (χ0v) is 22.4. The molecule has 0 spiro atoms. The molecule has 5 heterocycles. The van der Waals surface area contributed by atoms with Crippen molar-refractivity contribution in [3.05, 3.63) is 138 Å². The second kappa shape index (κ2) is 9.36. The van der Waals surface area contributed by atoms with Gasteiger partial charge in [0.1, 0.15) is 6.17 Å². The highest BCUT2D eigenvalue weighted by molar-refractivity contribution is 7.18. The fraction of sp³-hybridized carbons (Fsp3) is 0.0588. The molecule has 1 atom stereocenters. The van der Waals surface area contributed by atoms with E-state index in [2.05, 4.69) is 111 Å². The number of benzene rings is 3. The first-order valence-corrected chi connectivity index (χ1v) is 14.3. The maximum absolute atomic E-state index is 5.13. The minimum atomic E-state index is -0.160. The van der Waals surface area contributed by atoms with Crippen LogP contribution in [0, 0.1) is 0 Å². The summed E-state index contributed by atoms with van der Waals surface area (Å²) in [7, 11) is 0. The molecule has 5 nitrogen and oxygen atoms in total. The van der Waals surface area contributed by atoms with Gasteiger partial charge in [-0.2, -0.15) is 0 Å². The third-order valence-electron chi connectivity index (χ3n) is 7.67. The highest BCUT2D eigenvalue weighted by atomic mass is 32.1. The van der Waals surface area contributed by atoms with E-state index in [1.807, 2.05) is 42.1 Å². The summed E-state index contributed by atoms with van der Waals surface area (Å²) < 4.78 is 3.72. The zero-order chi connectivity index (χ0) is 26.5. The number of thiophene rings is 1. The summed E-state index contributed by atoms with van der Waals surface area (Å²) in [6.45, 7) is 0.800. The van der Waals surface area contributed by atoms with Gasteiger partial charge in [-0.1, -0.05) is 42.5 Å². The van der Waals surface area contributed by atoms with Crippen molar-refractivity contribution < 1.29 is 0 Å². The first-order chi connectivity index (χ1) is 19.8. The minimum absolute atomic E-state index is 0.160. The van der Waals surface area contributed by atoms with Crippen LogP contribution in [-0.2, 0) is 0 Å². The molecule has 2 aliphatic rings. The summed E-state index contributed by atoms with van der Waals surface area (Å²) in [5.74, 6) is 0. The maximum Gasteiger partial charge on any atom is 0.145 e. The van der Waals surface area contributed by atoms with Crippen LogP contribution in [0.5, 0.6) is 0 Å². The summed E-state index contributed by atoms with van der Waals surface area (Å²) in [5.41, 5.74) is 8.91. The van der Waals surface area contributed by atoms with Gasteiger partial charge in [-0.25, -0.2) is 0 Å². The molecule has 2 N–H and O–H groups in total. The lowest BCUT2D eigenvalue weighted by Crippen LogP contribution is -2.33. The molecule has 0 amide bonds. The van der Waals surface area contributed by atoms with Crippen LogP contribution in [-0.4, -0.2) is 28.0 Å². The smallest absolute Gasteiger partial charge is 0.145 e. The van der Waals surface area contributed by atoms with Gasteiger partial charge < -0.3 is 15.2 Å². The Labute approximate surface area is 235 Å². The number of fused-ring (bicyclic) bond motifs is 5. The monoisotopic (exact) mass is 535 g/mol. The zero-order valence-electron chi connectivity index (χ0n) is 21.6. The van der Waals surface area contributed by atoms with Gasteiger partial charge in [0, 0.05) is 51.4 Å². The maximum atomic E-state index is 5.13. The van der Waals surface area contributed by atoms with Gasteiger partial charge in [-0.3, -0.25) is 9.98 Å². The first-order valence-electron chi connectivity index (χ1n) is 13.4. The predicted molar refractivity (Wildman–Crippen MR) is 167 cm³/mol. The second-order valence-corrected chi connectivity index (χ2v) is 10.9. The Morgan fingerprint density at radius 2 is 1.73 bits per heavy atom. The van der Waals surface area contributed by atoms with Crippen molar-refractivity contribution in [3.8, 4) is 5.69 Å². The Morgan fingerprint density at radius 3 is 2.58 bits per heavy atom. The molecule has 0 saturated heterocycles. The molecular formula is C34H25N5S. The molecule has 0 saturated carbocycles. The lowest BCUT2D eigenvalue weighted by Gasteiger charge is -2.26. The van der Waals surface area contributed by atoms with Crippen LogP contribution in [0.15, 0.2) is 132 Å². The Hall–Kier alpha value is -4.94. The van der Waals surface area contributed by atoms with Crippen LogP contribution in [0.25, 0.3) is 43.3 Å². The fourth-order valence-electron chi connectivity index (χ4n) is 5.76. The Morgan fingerprint density at radius 1 is 0.850 bits per heavy atom. The van der Waals surface area contributed by atoms with Crippen molar-refractivity contribution in [1.82, 2.24) is 20.2 Å². The average Bonchev–Trinajstić information content (AvgIpc) is 3.64. The number of pyridine rings is 1. The van der Waals surface area contributed by atoms with Crippen molar-refractivity contribution >= 4 is 54.6 Å². The molecule has 6 aromatic rings. The van der Waals surface area contributed by atoms with Gasteiger partial charge in [0.05, 0.1) is 16.7 Å². The number of hydrogen-bond acceptors (Lipinski definition) is 5. The van der Waals surface area contributed by atoms with E-state index in [4.69, 9.17) is 4.99 Å². The normalized spacial score (nSPS) is 16.9. The lowest BCUT2D eigenvalue weighted by molar-refractivity contribution is 0.710. The van der Waals surface area contributed by atoms with Crippen molar-refractivity contribution in [3.63, 3.8) is 0 Å². The number of nitrogens with one attached hydrogen (secondary N) is 2. The van der Waals surface area contributed by atoms with E-state index in [1.165, 1.54) is 31.9 Å². The molecule has 0 aliphatic carbocycles. The van der Waals surface area contributed by atoms with E-state index < -0.39 is 0 Å². The van der Waals surface area contributed by atoms with Gasteiger partial charge >= 0.3 is 0 Å². The molecule has 40 heavy (non-hydrogen) atoms. The predicted octanol–water partition coefficient (Wildman–Crippen LogP) is 7.20. The standard InChI is InChI=1S/C34H25N5S/c1-2-4-30-27(3-1)32-31(10-7-24-15-20-40-33(24)32)39(30)26-8-5-22(6-9-26)28-21-29(23-11-16-35-17-12-23)38-34(37-28)25-13-18-36-19-14-25/h1-18,20-21,34,36,38H,19H2. The molecule has 192 valence electrons. The fourth-order valence-corrected chi connectivity index (χ4v) is 6.71. The average molecular weight is 536 g/mol. The number of aromatic nitrogens is 2. The van der Waals surface area contributed by atoms with E-state index in [9.17, 15) is 0 Å². The van der Waals surface area contributed by atoms with E-state index in [0.717, 1.165) is 40.3 Å². The van der Waals surface area contributed by atoms with Gasteiger partial charge in [0.25, 0.3) is 0 Å². The molecule has 1 unspecified atom stereocenters. The highest BCUT2D eigenvalue weighted by Gasteiger charge is 2.21. The molecule has 6 heteroatoms. The largest absolute Gasteiger partial charge is 0.387 e. The van der Waals surface area contributed by atoms with Crippen molar-refractivity contribution in [2.45, 2.75) is 6.17 Å².